The molecule has 17 heavy (non-hydrogen) atoms. The lowest BCUT2D eigenvalue weighted by atomic mass is 10.2. The summed E-state index contributed by atoms with van der Waals surface area (Å²) in [4.78, 5) is 4.08. The largest absolute Gasteiger partial charge is 0.397 e. The second-order valence-electron chi connectivity index (χ2n) is 3.89. The van der Waals surface area contributed by atoms with Crippen molar-refractivity contribution in [1.82, 2.24) is 4.98 Å². The van der Waals surface area contributed by atoms with E-state index in [1.54, 1.807) is 12.3 Å². The van der Waals surface area contributed by atoms with Gasteiger partial charge in [-0.05, 0) is 19.4 Å². The number of hydrogen-bond acceptors (Lipinski definition) is 5. The predicted molar refractivity (Wildman–Crippen MR) is 70.0 cm³/mol. The third-order valence-electron chi connectivity index (χ3n) is 2.25. The highest BCUT2D eigenvalue weighted by molar-refractivity contribution is 7.84. The molecule has 0 aliphatic rings. The highest BCUT2D eigenvalue weighted by Gasteiger charge is 2.08. The number of nitrogens with one attached hydrogen (secondary N) is 1. The first-order valence-electron chi connectivity index (χ1n) is 5.25. The molecule has 0 aliphatic heterocycles. The molecule has 1 aromatic rings. The number of rotatable bonds is 5. The maximum atomic E-state index is 11.0. The van der Waals surface area contributed by atoms with Crippen LogP contribution in [-0.4, -0.2) is 27.2 Å². The van der Waals surface area contributed by atoms with Crippen LogP contribution < -0.4 is 11.1 Å². The van der Waals surface area contributed by atoms with Crippen molar-refractivity contribution in [1.29, 1.82) is 5.26 Å². The molecule has 0 fully saturated rings. The molecule has 2 atom stereocenters. The molecule has 1 aromatic heterocycles. The molecule has 2 unspecified atom stereocenters. The van der Waals surface area contributed by atoms with Gasteiger partial charge in [0.15, 0.2) is 0 Å². The van der Waals surface area contributed by atoms with Crippen LogP contribution >= 0.6 is 0 Å². The van der Waals surface area contributed by atoms with Crippen LogP contribution in [0.5, 0.6) is 0 Å². The van der Waals surface area contributed by atoms with Crippen LogP contribution in [-0.2, 0) is 10.8 Å². The van der Waals surface area contributed by atoms with Gasteiger partial charge in [-0.2, -0.15) is 5.26 Å². The molecule has 0 saturated heterocycles. The van der Waals surface area contributed by atoms with Crippen molar-refractivity contribution in [2.24, 2.45) is 0 Å². The molecule has 92 valence electrons. The molecule has 0 aliphatic carbocycles. The van der Waals surface area contributed by atoms with E-state index in [1.165, 1.54) is 6.20 Å². The average molecular weight is 252 g/mol. The molecule has 0 radical (unpaired) electrons. The van der Waals surface area contributed by atoms with Gasteiger partial charge in [0, 0.05) is 28.9 Å². The van der Waals surface area contributed by atoms with E-state index in [-0.39, 0.29) is 6.04 Å². The van der Waals surface area contributed by atoms with E-state index in [0.29, 0.717) is 22.8 Å². The van der Waals surface area contributed by atoms with Crippen molar-refractivity contribution < 1.29 is 4.21 Å². The smallest absolute Gasteiger partial charge is 0.144 e. The van der Waals surface area contributed by atoms with Gasteiger partial charge in [0.1, 0.15) is 11.9 Å². The van der Waals surface area contributed by atoms with Crippen molar-refractivity contribution in [3.05, 3.63) is 17.8 Å². The number of nitrogens with two attached hydrogens (primary N) is 1. The zero-order valence-corrected chi connectivity index (χ0v) is 10.8. The average Bonchev–Trinajstić information content (AvgIpc) is 2.28. The molecule has 0 bridgehead atoms. The van der Waals surface area contributed by atoms with E-state index in [9.17, 15) is 4.21 Å². The number of nitrogen functional groups attached to an aromatic ring is 1. The predicted octanol–water partition coefficient (Wildman–Crippen LogP) is 1.10. The Labute approximate surface area is 103 Å². The van der Waals surface area contributed by atoms with E-state index in [4.69, 9.17) is 11.0 Å². The fourth-order valence-electron chi connectivity index (χ4n) is 1.33. The molecule has 1 heterocycles. The first-order chi connectivity index (χ1) is 8.02. The molecular weight excluding hydrogens is 236 g/mol. The summed E-state index contributed by atoms with van der Waals surface area (Å²) >= 11 is 0. The molecule has 1 rings (SSSR count). The summed E-state index contributed by atoms with van der Waals surface area (Å²) in [5.41, 5.74) is 6.44. The monoisotopic (exact) mass is 252 g/mol. The van der Waals surface area contributed by atoms with Gasteiger partial charge in [0.05, 0.1) is 17.4 Å². The minimum atomic E-state index is -0.800. The van der Waals surface area contributed by atoms with Gasteiger partial charge >= 0.3 is 0 Å². The summed E-state index contributed by atoms with van der Waals surface area (Å²) in [6, 6.07) is 3.74. The van der Waals surface area contributed by atoms with Crippen molar-refractivity contribution in [3.8, 4) is 6.07 Å². The second kappa shape index (κ2) is 6.21. The van der Waals surface area contributed by atoms with E-state index in [0.717, 1.165) is 6.42 Å². The normalized spacial score (nSPS) is 13.7. The van der Waals surface area contributed by atoms with E-state index < -0.39 is 10.8 Å². The van der Waals surface area contributed by atoms with Crippen LogP contribution in [0.1, 0.15) is 18.9 Å². The Hall–Kier alpha value is -1.61. The lowest BCUT2D eigenvalue weighted by molar-refractivity contribution is 0.678. The van der Waals surface area contributed by atoms with Crippen LogP contribution in [0.15, 0.2) is 12.3 Å². The van der Waals surface area contributed by atoms with Crippen molar-refractivity contribution >= 4 is 22.3 Å². The maximum absolute atomic E-state index is 11.0. The summed E-state index contributed by atoms with van der Waals surface area (Å²) in [5, 5.41) is 12.1. The van der Waals surface area contributed by atoms with Gasteiger partial charge in [-0.25, -0.2) is 4.98 Å². The molecule has 0 spiro atoms. The Morgan fingerprint density at radius 1 is 1.71 bits per heavy atom. The van der Waals surface area contributed by atoms with Gasteiger partial charge in [-0.3, -0.25) is 4.21 Å². The Morgan fingerprint density at radius 3 is 3.00 bits per heavy atom. The summed E-state index contributed by atoms with van der Waals surface area (Å²) in [6.45, 7) is 1.96. The second-order valence-corrected chi connectivity index (χ2v) is 5.44. The third-order valence-corrected chi connectivity index (χ3v) is 3.06. The molecule has 0 saturated carbocycles. The van der Waals surface area contributed by atoms with Crippen molar-refractivity contribution in [2.45, 2.75) is 19.4 Å². The zero-order valence-electron chi connectivity index (χ0n) is 9.93. The minimum Gasteiger partial charge on any atom is -0.397 e. The van der Waals surface area contributed by atoms with Crippen LogP contribution in [0.2, 0.25) is 0 Å². The van der Waals surface area contributed by atoms with Gasteiger partial charge < -0.3 is 11.1 Å². The van der Waals surface area contributed by atoms with Gasteiger partial charge in [-0.15, -0.1) is 0 Å². The Morgan fingerprint density at radius 2 is 2.41 bits per heavy atom. The highest BCUT2D eigenvalue weighted by atomic mass is 32.2. The van der Waals surface area contributed by atoms with Crippen molar-refractivity contribution in [2.75, 3.05) is 23.1 Å². The molecule has 6 heteroatoms. The Balaban J connectivity index is 2.68. The molecular formula is C11H16N4OS. The third kappa shape index (κ3) is 4.41. The van der Waals surface area contributed by atoms with E-state index in [2.05, 4.69) is 10.3 Å². The number of pyridine rings is 1. The summed E-state index contributed by atoms with van der Waals surface area (Å²) in [5.74, 6) is 1.15. The molecule has 0 aromatic carbocycles. The number of nitrogens with zero attached hydrogens (tertiary/aromatic N) is 2. The lowest BCUT2D eigenvalue weighted by Crippen LogP contribution is -2.19. The van der Waals surface area contributed by atoms with E-state index >= 15 is 0 Å². The number of hydrogen-bond donors (Lipinski definition) is 2. The maximum Gasteiger partial charge on any atom is 0.144 e. The van der Waals surface area contributed by atoms with Crippen molar-refractivity contribution in [3.63, 3.8) is 0 Å². The zero-order chi connectivity index (χ0) is 12.8. The minimum absolute atomic E-state index is 0.113. The Kier molecular flexibility index (Phi) is 4.91. The standard InChI is InChI=1S/C11H16N4OS/c1-8(3-4-17(2)16)15-11-9(6-12)5-10(13)7-14-11/h5,7-8H,3-4,13H2,1-2H3,(H,14,15). The molecule has 0 amide bonds. The number of nitriles is 1. The number of anilines is 2. The fraction of sp³-hybridized carbons (Fsp3) is 0.455. The number of aromatic nitrogens is 1. The summed E-state index contributed by atoms with van der Waals surface area (Å²) < 4.78 is 11.0. The summed E-state index contributed by atoms with van der Waals surface area (Å²) in [6.07, 6.45) is 3.95. The summed E-state index contributed by atoms with van der Waals surface area (Å²) in [7, 11) is -0.800. The van der Waals surface area contributed by atoms with E-state index in [1.807, 2.05) is 13.0 Å². The molecule has 3 N–H and O–H groups in total. The van der Waals surface area contributed by atoms with Crippen LogP contribution in [0, 0.1) is 11.3 Å². The topological polar surface area (TPSA) is 91.8 Å². The van der Waals surface area contributed by atoms with Gasteiger partial charge in [-0.1, -0.05) is 0 Å². The SMILES string of the molecule is CC(CCS(C)=O)Nc1ncc(N)cc1C#N. The van der Waals surface area contributed by atoms with Crippen LogP contribution in [0.4, 0.5) is 11.5 Å². The quantitative estimate of drug-likeness (QED) is 0.818. The van der Waals surface area contributed by atoms with Gasteiger partial charge in [0.2, 0.25) is 0 Å². The lowest BCUT2D eigenvalue weighted by Gasteiger charge is -2.14. The van der Waals surface area contributed by atoms with Crippen LogP contribution in [0.25, 0.3) is 0 Å². The van der Waals surface area contributed by atoms with Gasteiger partial charge in [0.25, 0.3) is 0 Å². The first-order valence-corrected chi connectivity index (χ1v) is 6.98. The molecule has 5 nitrogen and oxygen atoms in total. The Bertz CT molecular complexity index is 455. The van der Waals surface area contributed by atoms with Crippen LogP contribution in [0.3, 0.4) is 0 Å². The fourth-order valence-corrected chi connectivity index (χ4v) is 2.01. The first kappa shape index (κ1) is 13.5. The highest BCUT2D eigenvalue weighted by Crippen LogP contribution is 2.15.